The van der Waals surface area contributed by atoms with E-state index in [4.69, 9.17) is 13.9 Å². The molecular weight excluding hydrogens is 330 g/mol. The van der Waals surface area contributed by atoms with Crippen LogP contribution in [-0.4, -0.2) is 24.7 Å². The second kappa shape index (κ2) is 6.80. The molecule has 0 unspecified atom stereocenters. The Hall–Kier alpha value is -2.27. The van der Waals surface area contributed by atoms with Gasteiger partial charge >= 0.3 is 0 Å². The Morgan fingerprint density at radius 2 is 2.08 bits per heavy atom. The Kier molecular flexibility index (Phi) is 4.49. The molecule has 1 aromatic heterocycles. The van der Waals surface area contributed by atoms with Crippen LogP contribution in [0.1, 0.15) is 42.8 Å². The predicted molar refractivity (Wildman–Crippen MR) is 97.0 cm³/mol. The van der Waals surface area contributed by atoms with Gasteiger partial charge in [-0.15, -0.1) is 0 Å². The van der Waals surface area contributed by atoms with Gasteiger partial charge in [-0.1, -0.05) is 32.0 Å². The second-order valence-corrected chi connectivity index (χ2v) is 7.75. The summed E-state index contributed by atoms with van der Waals surface area (Å²) in [7, 11) is 0. The third-order valence-electron chi connectivity index (χ3n) is 5.71. The molecular formula is C21H25NO4. The standard InChI is InChI=1S/C21H25NO4/c1-21(2)18(16-9-6-11-25-19(16)21)22-20(23)17-14(10-12-24-17)13-26-15-7-4-3-5-8-15/h3-5,7-8,10,12,16,18-19H,6,9,11,13H2,1-2H3,(H,22,23)/t16-,18-,19+/m1/s1. The fraction of sp³-hybridized carbons (Fsp3) is 0.476. The van der Waals surface area contributed by atoms with E-state index >= 15 is 0 Å². The molecule has 1 aliphatic carbocycles. The third kappa shape index (κ3) is 3.01. The number of ether oxygens (including phenoxy) is 2. The lowest BCUT2D eigenvalue weighted by Crippen LogP contribution is -2.70. The summed E-state index contributed by atoms with van der Waals surface area (Å²) in [5, 5.41) is 3.18. The Labute approximate surface area is 153 Å². The van der Waals surface area contributed by atoms with Crippen LogP contribution in [0.4, 0.5) is 0 Å². The monoisotopic (exact) mass is 355 g/mol. The molecule has 26 heavy (non-hydrogen) atoms. The number of fused-ring (bicyclic) bond motifs is 1. The van der Waals surface area contributed by atoms with Gasteiger partial charge in [0.05, 0.1) is 12.4 Å². The lowest BCUT2D eigenvalue weighted by atomic mass is 9.55. The average molecular weight is 355 g/mol. The maximum absolute atomic E-state index is 12.8. The molecule has 5 nitrogen and oxygen atoms in total. The van der Waals surface area contributed by atoms with Crippen molar-refractivity contribution in [2.24, 2.45) is 11.3 Å². The highest BCUT2D eigenvalue weighted by molar-refractivity contribution is 5.93. The number of nitrogens with one attached hydrogen (secondary N) is 1. The predicted octanol–water partition coefficient (Wildman–Crippen LogP) is 3.79. The molecule has 4 rings (SSSR count). The first-order chi connectivity index (χ1) is 12.6. The molecule has 5 heteroatoms. The second-order valence-electron chi connectivity index (χ2n) is 7.75. The van der Waals surface area contributed by atoms with Gasteiger partial charge in [0.15, 0.2) is 5.76 Å². The van der Waals surface area contributed by atoms with Gasteiger partial charge in [-0.2, -0.15) is 0 Å². The highest BCUT2D eigenvalue weighted by Gasteiger charge is 2.58. The largest absolute Gasteiger partial charge is 0.489 e. The number of para-hydroxylation sites is 1. The molecule has 1 N–H and O–H groups in total. The van der Waals surface area contributed by atoms with E-state index < -0.39 is 0 Å². The van der Waals surface area contributed by atoms with E-state index in [9.17, 15) is 4.79 Å². The third-order valence-corrected chi connectivity index (χ3v) is 5.71. The van der Waals surface area contributed by atoms with Gasteiger partial charge in [0.25, 0.3) is 5.91 Å². The van der Waals surface area contributed by atoms with Crippen LogP contribution in [0.15, 0.2) is 47.1 Å². The van der Waals surface area contributed by atoms with E-state index in [1.54, 1.807) is 6.07 Å². The highest BCUT2D eigenvalue weighted by Crippen LogP contribution is 2.51. The summed E-state index contributed by atoms with van der Waals surface area (Å²) in [5.74, 6) is 1.31. The number of carbonyl (C=O) groups excluding carboxylic acids is 1. The summed E-state index contributed by atoms with van der Waals surface area (Å²) in [6.45, 7) is 5.44. The Morgan fingerprint density at radius 1 is 1.27 bits per heavy atom. The van der Waals surface area contributed by atoms with E-state index in [1.807, 2.05) is 30.3 Å². The molecule has 0 radical (unpaired) electrons. The number of furan rings is 1. The number of carbonyl (C=O) groups is 1. The average Bonchev–Trinajstić information content (AvgIpc) is 3.14. The van der Waals surface area contributed by atoms with Gasteiger partial charge in [-0.25, -0.2) is 0 Å². The zero-order chi connectivity index (χ0) is 18.1. The molecule has 138 valence electrons. The van der Waals surface area contributed by atoms with Crippen LogP contribution >= 0.6 is 0 Å². The van der Waals surface area contributed by atoms with Gasteiger partial charge in [-0.3, -0.25) is 4.79 Å². The molecule has 3 atom stereocenters. The molecule has 1 aromatic carbocycles. The molecule has 1 saturated heterocycles. The van der Waals surface area contributed by atoms with Crippen molar-refractivity contribution in [2.75, 3.05) is 6.61 Å². The van der Waals surface area contributed by atoms with Crippen molar-refractivity contribution < 1.29 is 18.7 Å². The maximum Gasteiger partial charge on any atom is 0.287 e. The molecule has 2 aromatic rings. The molecule has 2 heterocycles. The topological polar surface area (TPSA) is 60.7 Å². The van der Waals surface area contributed by atoms with E-state index in [-0.39, 0.29) is 23.5 Å². The first-order valence-corrected chi connectivity index (χ1v) is 9.24. The zero-order valence-electron chi connectivity index (χ0n) is 15.2. The zero-order valence-corrected chi connectivity index (χ0v) is 15.2. The van der Waals surface area contributed by atoms with Crippen molar-refractivity contribution in [1.82, 2.24) is 5.32 Å². The van der Waals surface area contributed by atoms with Crippen LogP contribution in [0.3, 0.4) is 0 Å². The van der Waals surface area contributed by atoms with Crippen LogP contribution < -0.4 is 10.1 Å². The summed E-state index contributed by atoms with van der Waals surface area (Å²) in [4.78, 5) is 12.8. The van der Waals surface area contributed by atoms with Gasteiger partial charge in [0, 0.05) is 29.5 Å². The minimum Gasteiger partial charge on any atom is -0.489 e. The Bertz CT molecular complexity index is 767. The lowest BCUT2D eigenvalue weighted by Gasteiger charge is -2.59. The van der Waals surface area contributed by atoms with Crippen LogP contribution in [0.5, 0.6) is 5.75 Å². The minimum atomic E-state index is -0.177. The molecule has 2 aliphatic rings. The number of benzene rings is 1. The Morgan fingerprint density at radius 3 is 2.88 bits per heavy atom. The van der Waals surface area contributed by atoms with Crippen molar-refractivity contribution >= 4 is 5.91 Å². The maximum atomic E-state index is 12.8. The molecule has 1 amide bonds. The van der Waals surface area contributed by atoms with Crippen LogP contribution in [-0.2, 0) is 11.3 Å². The number of hydrogen-bond donors (Lipinski definition) is 1. The van der Waals surface area contributed by atoms with Crippen molar-refractivity contribution in [2.45, 2.75) is 45.4 Å². The van der Waals surface area contributed by atoms with Crippen LogP contribution in [0, 0.1) is 11.3 Å². The summed E-state index contributed by atoms with van der Waals surface area (Å²) in [5.41, 5.74) is 0.688. The van der Waals surface area contributed by atoms with Gasteiger partial charge in [0.1, 0.15) is 12.4 Å². The fourth-order valence-corrected chi connectivity index (χ4v) is 4.35. The van der Waals surface area contributed by atoms with Crippen molar-refractivity contribution in [3.63, 3.8) is 0 Å². The quantitative estimate of drug-likeness (QED) is 0.886. The van der Waals surface area contributed by atoms with Crippen LogP contribution in [0.25, 0.3) is 0 Å². The summed E-state index contributed by atoms with van der Waals surface area (Å²) >= 11 is 0. The van der Waals surface area contributed by atoms with E-state index in [0.717, 1.165) is 30.8 Å². The SMILES string of the molecule is CC1(C)[C@H](NC(=O)c2occc2COc2ccccc2)[C@H]2CCCO[C@@H]21. The number of hydrogen-bond acceptors (Lipinski definition) is 4. The van der Waals surface area contributed by atoms with E-state index in [2.05, 4.69) is 19.2 Å². The van der Waals surface area contributed by atoms with Crippen molar-refractivity contribution in [3.8, 4) is 5.75 Å². The number of amides is 1. The van der Waals surface area contributed by atoms with Crippen LogP contribution in [0.2, 0.25) is 0 Å². The normalized spacial score (nSPS) is 26.5. The molecule has 2 fully saturated rings. The van der Waals surface area contributed by atoms with Gasteiger partial charge in [-0.05, 0) is 31.0 Å². The van der Waals surface area contributed by atoms with Crippen molar-refractivity contribution in [1.29, 1.82) is 0 Å². The van der Waals surface area contributed by atoms with E-state index in [1.165, 1.54) is 6.26 Å². The van der Waals surface area contributed by atoms with E-state index in [0.29, 0.717) is 18.3 Å². The minimum absolute atomic E-state index is 0.0615. The molecule has 0 bridgehead atoms. The number of rotatable bonds is 5. The summed E-state index contributed by atoms with van der Waals surface area (Å²) in [6, 6.07) is 11.4. The smallest absolute Gasteiger partial charge is 0.287 e. The molecule has 1 aliphatic heterocycles. The molecule has 0 spiro atoms. The first kappa shape index (κ1) is 17.2. The van der Waals surface area contributed by atoms with Crippen molar-refractivity contribution in [3.05, 3.63) is 54.0 Å². The van der Waals surface area contributed by atoms with Gasteiger partial charge < -0.3 is 19.2 Å². The Balaban J connectivity index is 1.42. The lowest BCUT2D eigenvalue weighted by molar-refractivity contribution is -0.189. The summed E-state index contributed by atoms with van der Waals surface area (Å²) < 4.78 is 17.1. The van der Waals surface area contributed by atoms with Gasteiger partial charge in [0.2, 0.25) is 0 Å². The first-order valence-electron chi connectivity index (χ1n) is 9.24. The molecule has 1 saturated carbocycles. The highest BCUT2D eigenvalue weighted by atomic mass is 16.5. The summed E-state index contributed by atoms with van der Waals surface area (Å²) in [6.07, 6.45) is 3.93. The fourth-order valence-electron chi connectivity index (χ4n) is 4.35.